The third-order valence-electron chi connectivity index (χ3n) is 3.87. The van der Waals surface area contributed by atoms with E-state index < -0.39 is 23.2 Å². The van der Waals surface area contributed by atoms with Gasteiger partial charge in [-0.15, -0.1) is 11.3 Å². The van der Waals surface area contributed by atoms with Crippen LogP contribution in [0.5, 0.6) is 0 Å². The van der Waals surface area contributed by atoms with E-state index in [2.05, 4.69) is 5.32 Å². The Kier molecular flexibility index (Phi) is 5.27. The van der Waals surface area contributed by atoms with Gasteiger partial charge >= 0.3 is 0 Å². The Labute approximate surface area is 153 Å². The van der Waals surface area contributed by atoms with Crippen molar-refractivity contribution >= 4 is 38.9 Å². The Morgan fingerprint density at radius 3 is 2.42 bits per heavy atom. The number of likely N-dealkylation sites (N-methyl/N-ethyl adjacent to an activating group) is 1. The molecule has 1 N–H and O–H groups in total. The predicted octanol–water partition coefficient (Wildman–Crippen LogP) is 4.28. The number of rotatable bonds is 5. The lowest BCUT2D eigenvalue weighted by atomic mass is 10.2. The van der Waals surface area contributed by atoms with Crippen LogP contribution in [0, 0.1) is 11.6 Å². The highest BCUT2D eigenvalue weighted by Crippen LogP contribution is 2.26. The van der Waals surface area contributed by atoms with Crippen LogP contribution in [0.4, 0.5) is 14.5 Å². The Bertz CT molecular complexity index is 918. The zero-order valence-electron chi connectivity index (χ0n) is 14.0. The average molecular weight is 374 g/mol. The number of carbonyl (C=O) groups is 2. The van der Waals surface area contributed by atoms with Gasteiger partial charge in [0, 0.05) is 11.2 Å². The molecular formula is C19H16F2N2O2S. The van der Waals surface area contributed by atoms with Gasteiger partial charge in [0.2, 0.25) is 5.91 Å². The minimum Gasteiger partial charge on any atom is -0.329 e. The van der Waals surface area contributed by atoms with Crippen LogP contribution in [0.3, 0.4) is 0 Å². The number of thiophene rings is 1. The Balaban J connectivity index is 1.74. The largest absolute Gasteiger partial charge is 0.329 e. The van der Waals surface area contributed by atoms with Gasteiger partial charge in [0.05, 0.1) is 4.88 Å². The molecule has 2 amide bonds. The number of hydrogen-bond donors (Lipinski definition) is 1. The summed E-state index contributed by atoms with van der Waals surface area (Å²) in [6.45, 7) is 1.74. The molecule has 0 radical (unpaired) electrons. The van der Waals surface area contributed by atoms with Crippen LogP contribution in [0.25, 0.3) is 10.1 Å². The molecule has 0 aliphatic carbocycles. The Morgan fingerprint density at radius 2 is 1.77 bits per heavy atom. The van der Waals surface area contributed by atoms with Crippen molar-refractivity contribution in [2.75, 3.05) is 18.4 Å². The fourth-order valence-electron chi connectivity index (χ4n) is 2.54. The summed E-state index contributed by atoms with van der Waals surface area (Å²) in [4.78, 5) is 26.7. The molecule has 3 aromatic rings. The highest BCUT2D eigenvalue weighted by molar-refractivity contribution is 7.20. The summed E-state index contributed by atoms with van der Waals surface area (Å²) in [6.07, 6.45) is 0. The molecule has 0 aliphatic rings. The van der Waals surface area contributed by atoms with Gasteiger partial charge < -0.3 is 10.2 Å². The lowest BCUT2D eigenvalue weighted by Gasteiger charge is -2.19. The van der Waals surface area contributed by atoms with E-state index >= 15 is 0 Å². The van der Waals surface area contributed by atoms with Crippen LogP contribution in [0.2, 0.25) is 0 Å². The molecule has 0 saturated carbocycles. The fraction of sp³-hybridized carbons (Fsp3) is 0.158. The van der Waals surface area contributed by atoms with E-state index in [0.717, 1.165) is 22.2 Å². The molecule has 3 rings (SSSR count). The van der Waals surface area contributed by atoms with E-state index in [1.807, 2.05) is 24.3 Å². The van der Waals surface area contributed by atoms with Crippen molar-refractivity contribution in [1.82, 2.24) is 4.90 Å². The van der Waals surface area contributed by atoms with Gasteiger partial charge in [0.1, 0.15) is 23.9 Å². The van der Waals surface area contributed by atoms with Crippen LogP contribution in [0.15, 0.2) is 48.5 Å². The smallest absolute Gasteiger partial charge is 0.264 e. The highest BCUT2D eigenvalue weighted by Gasteiger charge is 2.21. The fourth-order valence-corrected chi connectivity index (χ4v) is 3.57. The van der Waals surface area contributed by atoms with E-state index in [4.69, 9.17) is 0 Å². The Morgan fingerprint density at radius 1 is 1.08 bits per heavy atom. The van der Waals surface area contributed by atoms with Gasteiger partial charge in [-0.25, -0.2) is 8.78 Å². The standard InChI is InChI=1S/C19H16F2N2O2S/c1-2-23(11-17(24)22-18-13(20)7-5-8-14(18)21)19(25)16-10-12-6-3-4-9-15(12)26-16/h3-10H,2,11H2,1H3,(H,22,24). The van der Waals surface area contributed by atoms with Gasteiger partial charge in [0.25, 0.3) is 5.91 Å². The van der Waals surface area contributed by atoms with Gasteiger partial charge in [-0.05, 0) is 36.6 Å². The number of benzene rings is 2. The summed E-state index contributed by atoms with van der Waals surface area (Å²) in [5.41, 5.74) is -0.511. The first-order valence-corrected chi connectivity index (χ1v) is 8.83. The predicted molar refractivity (Wildman–Crippen MR) is 98.4 cm³/mol. The first-order valence-electron chi connectivity index (χ1n) is 8.01. The summed E-state index contributed by atoms with van der Waals surface area (Å²) < 4.78 is 28.3. The van der Waals surface area contributed by atoms with Crippen molar-refractivity contribution in [1.29, 1.82) is 0 Å². The second kappa shape index (κ2) is 7.61. The first kappa shape index (κ1) is 18.0. The second-order valence-corrected chi connectivity index (χ2v) is 6.70. The van der Waals surface area contributed by atoms with E-state index in [9.17, 15) is 18.4 Å². The van der Waals surface area contributed by atoms with E-state index in [-0.39, 0.29) is 12.5 Å². The number of carbonyl (C=O) groups excluding carboxylic acids is 2. The minimum absolute atomic E-state index is 0.292. The van der Waals surface area contributed by atoms with Crippen molar-refractivity contribution in [2.24, 2.45) is 0 Å². The molecule has 7 heteroatoms. The molecule has 0 unspecified atom stereocenters. The van der Waals surface area contributed by atoms with Crippen LogP contribution < -0.4 is 5.32 Å². The minimum atomic E-state index is -0.864. The van der Waals surface area contributed by atoms with E-state index in [0.29, 0.717) is 11.4 Å². The van der Waals surface area contributed by atoms with Crippen molar-refractivity contribution in [2.45, 2.75) is 6.92 Å². The second-order valence-electron chi connectivity index (χ2n) is 5.61. The third kappa shape index (κ3) is 3.72. The molecule has 26 heavy (non-hydrogen) atoms. The molecule has 0 spiro atoms. The van der Waals surface area contributed by atoms with Crippen molar-refractivity contribution in [3.63, 3.8) is 0 Å². The summed E-state index contributed by atoms with van der Waals surface area (Å²) in [6, 6.07) is 12.7. The summed E-state index contributed by atoms with van der Waals surface area (Å²) in [5.74, 6) is -2.68. The van der Waals surface area contributed by atoms with Crippen LogP contribution >= 0.6 is 11.3 Å². The molecule has 4 nitrogen and oxygen atoms in total. The SMILES string of the molecule is CCN(CC(=O)Nc1c(F)cccc1F)C(=O)c1cc2ccccc2s1. The molecule has 0 saturated heterocycles. The zero-order valence-corrected chi connectivity index (χ0v) is 14.8. The topological polar surface area (TPSA) is 49.4 Å². The van der Waals surface area contributed by atoms with Crippen LogP contribution in [-0.4, -0.2) is 29.8 Å². The van der Waals surface area contributed by atoms with Gasteiger partial charge in [-0.2, -0.15) is 0 Å². The van der Waals surface area contributed by atoms with E-state index in [1.54, 1.807) is 13.0 Å². The lowest BCUT2D eigenvalue weighted by molar-refractivity contribution is -0.116. The maximum absolute atomic E-state index is 13.6. The third-order valence-corrected chi connectivity index (χ3v) is 4.97. The van der Waals surface area contributed by atoms with Crippen molar-refractivity contribution in [3.05, 3.63) is 65.0 Å². The molecule has 0 bridgehead atoms. The molecule has 0 aliphatic heterocycles. The molecule has 1 heterocycles. The summed E-state index contributed by atoms with van der Waals surface area (Å²) >= 11 is 1.34. The maximum atomic E-state index is 13.6. The average Bonchev–Trinajstić information content (AvgIpc) is 3.06. The number of para-hydroxylation sites is 1. The number of halogens is 2. The van der Waals surface area contributed by atoms with Crippen LogP contribution in [-0.2, 0) is 4.79 Å². The monoisotopic (exact) mass is 374 g/mol. The first-order chi connectivity index (χ1) is 12.5. The number of nitrogens with zero attached hydrogens (tertiary/aromatic N) is 1. The van der Waals surface area contributed by atoms with Gasteiger partial charge in [-0.1, -0.05) is 24.3 Å². The molecule has 0 fully saturated rings. The highest BCUT2D eigenvalue weighted by atomic mass is 32.1. The molecule has 0 atom stereocenters. The number of amides is 2. The molecular weight excluding hydrogens is 358 g/mol. The molecule has 134 valence electrons. The number of nitrogens with one attached hydrogen (secondary N) is 1. The molecule has 2 aromatic carbocycles. The van der Waals surface area contributed by atoms with Crippen molar-refractivity contribution in [3.8, 4) is 0 Å². The summed E-state index contributed by atoms with van der Waals surface area (Å²) in [5, 5.41) is 3.15. The number of anilines is 1. The number of hydrogen-bond acceptors (Lipinski definition) is 3. The van der Waals surface area contributed by atoms with Crippen molar-refractivity contribution < 1.29 is 18.4 Å². The zero-order chi connectivity index (χ0) is 18.7. The quantitative estimate of drug-likeness (QED) is 0.725. The normalized spacial score (nSPS) is 10.7. The van der Waals surface area contributed by atoms with E-state index in [1.165, 1.54) is 22.3 Å². The molecule has 1 aromatic heterocycles. The maximum Gasteiger partial charge on any atom is 0.264 e. The van der Waals surface area contributed by atoms with Gasteiger partial charge in [-0.3, -0.25) is 9.59 Å². The van der Waals surface area contributed by atoms with Gasteiger partial charge in [0.15, 0.2) is 0 Å². The Hall–Kier alpha value is -2.80. The lowest BCUT2D eigenvalue weighted by Crippen LogP contribution is -2.37. The number of fused-ring (bicyclic) bond motifs is 1. The van der Waals surface area contributed by atoms with Crippen LogP contribution in [0.1, 0.15) is 16.6 Å². The summed E-state index contributed by atoms with van der Waals surface area (Å²) in [7, 11) is 0.